The van der Waals surface area contributed by atoms with Crippen molar-refractivity contribution in [3.05, 3.63) is 71.1 Å². The molecular formula is C15H12N8O3. The fraction of sp³-hybridized carbons (Fsp3) is 0. The van der Waals surface area contributed by atoms with Gasteiger partial charge in [-0.05, 0) is 24.3 Å². The van der Waals surface area contributed by atoms with Crippen molar-refractivity contribution in [1.82, 2.24) is 25.4 Å². The molecule has 0 atom stereocenters. The third-order valence-electron chi connectivity index (χ3n) is 3.17. The van der Waals surface area contributed by atoms with Gasteiger partial charge in [0.25, 0.3) is 5.91 Å². The molecule has 11 nitrogen and oxygen atoms in total. The van der Waals surface area contributed by atoms with Crippen molar-refractivity contribution in [2.45, 2.75) is 0 Å². The SMILES string of the molecule is O=C(NNc1ncnc(Nc2cccnc2)c1[N+](=O)[O-])c1ccncc1. The average molecular weight is 352 g/mol. The third-order valence-corrected chi connectivity index (χ3v) is 3.17. The van der Waals surface area contributed by atoms with Gasteiger partial charge in [-0.15, -0.1) is 0 Å². The van der Waals surface area contributed by atoms with E-state index in [0.29, 0.717) is 11.3 Å². The Balaban J connectivity index is 1.82. The van der Waals surface area contributed by atoms with Gasteiger partial charge >= 0.3 is 5.69 Å². The number of nitro groups is 1. The van der Waals surface area contributed by atoms with E-state index < -0.39 is 16.5 Å². The lowest BCUT2D eigenvalue weighted by Gasteiger charge is -2.10. The highest BCUT2D eigenvalue weighted by atomic mass is 16.6. The van der Waals surface area contributed by atoms with Gasteiger partial charge in [0.1, 0.15) is 6.33 Å². The van der Waals surface area contributed by atoms with Crippen molar-refractivity contribution in [2.24, 2.45) is 0 Å². The molecule has 0 aromatic carbocycles. The van der Waals surface area contributed by atoms with E-state index in [9.17, 15) is 14.9 Å². The number of carbonyl (C=O) groups is 1. The molecular weight excluding hydrogens is 340 g/mol. The fourth-order valence-corrected chi connectivity index (χ4v) is 2.00. The summed E-state index contributed by atoms with van der Waals surface area (Å²) in [6.45, 7) is 0. The molecule has 3 aromatic heterocycles. The van der Waals surface area contributed by atoms with Crippen LogP contribution >= 0.6 is 0 Å². The average Bonchev–Trinajstić information content (AvgIpc) is 2.67. The van der Waals surface area contributed by atoms with Gasteiger partial charge in [0, 0.05) is 24.2 Å². The van der Waals surface area contributed by atoms with Gasteiger partial charge in [0.05, 0.1) is 16.8 Å². The molecule has 0 spiro atoms. The normalized spacial score (nSPS) is 10.0. The predicted molar refractivity (Wildman–Crippen MR) is 91.5 cm³/mol. The molecule has 1 amide bonds. The van der Waals surface area contributed by atoms with Crippen LogP contribution in [0.25, 0.3) is 0 Å². The Labute approximate surface area is 146 Å². The van der Waals surface area contributed by atoms with Crippen LogP contribution in [0.5, 0.6) is 0 Å². The van der Waals surface area contributed by atoms with E-state index in [1.165, 1.54) is 30.7 Å². The van der Waals surface area contributed by atoms with Crippen LogP contribution in [0.1, 0.15) is 10.4 Å². The van der Waals surface area contributed by atoms with Gasteiger partial charge < -0.3 is 5.32 Å². The summed E-state index contributed by atoms with van der Waals surface area (Å²) in [5.74, 6) is -0.709. The molecule has 11 heteroatoms. The molecule has 0 radical (unpaired) electrons. The highest BCUT2D eigenvalue weighted by Crippen LogP contribution is 2.30. The first-order valence-electron chi connectivity index (χ1n) is 7.28. The van der Waals surface area contributed by atoms with Crippen LogP contribution in [0.4, 0.5) is 23.0 Å². The summed E-state index contributed by atoms with van der Waals surface area (Å²) in [5.41, 5.74) is 5.22. The zero-order valence-electron chi connectivity index (χ0n) is 13.2. The van der Waals surface area contributed by atoms with Crippen LogP contribution in [0.3, 0.4) is 0 Å². The lowest BCUT2D eigenvalue weighted by atomic mass is 10.3. The monoisotopic (exact) mass is 352 g/mol. The lowest BCUT2D eigenvalue weighted by molar-refractivity contribution is -0.383. The number of pyridine rings is 2. The Morgan fingerprint density at radius 1 is 1.04 bits per heavy atom. The zero-order valence-corrected chi connectivity index (χ0v) is 13.2. The van der Waals surface area contributed by atoms with Gasteiger partial charge in [-0.1, -0.05) is 0 Å². The van der Waals surface area contributed by atoms with Crippen molar-refractivity contribution in [3.63, 3.8) is 0 Å². The standard InChI is InChI=1S/C15H12N8O3/c24-15(10-3-6-16-7-4-10)22-21-14-12(23(25)26)13(18-9-19-14)20-11-2-1-5-17-8-11/h1-9H,(H,22,24)(H2,18,19,20,21). The molecule has 0 saturated carbocycles. The molecule has 0 aliphatic rings. The third kappa shape index (κ3) is 3.84. The number of carbonyl (C=O) groups excluding carboxylic acids is 1. The van der Waals surface area contributed by atoms with Crippen molar-refractivity contribution in [2.75, 3.05) is 10.7 Å². The topological polar surface area (TPSA) is 148 Å². The largest absolute Gasteiger partial charge is 0.355 e. The molecule has 26 heavy (non-hydrogen) atoms. The molecule has 130 valence electrons. The van der Waals surface area contributed by atoms with Gasteiger partial charge in [-0.2, -0.15) is 0 Å². The van der Waals surface area contributed by atoms with Gasteiger partial charge in [0.2, 0.25) is 11.6 Å². The summed E-state index contributed by atoms with van der Waals surface area (Å²) >= 11 is 0. The number of hydrogen-bond acceptors (Lipinski definition) is 9. The number of hydrazine groups is 1. The Bertz CT molecular complexity index is 921. The molecule has 0 unspecified atom stereocenters. The number of nitrogens with zero attached hydrogens (tertiary/aromatic N) is 5. The molecule has 0 aliphatic carbocycles. The molecule has 3 N–H and O–H groups in total. The zero-order chi connectivity index (χ0) is 18.4. The van der Waals surface area contributed by atoms with Gasteiger partial charge in [0.15, 0.2) is 0 Å². The summed E-state index contributed by atoms with van der Waals surface area (Å²) in [5, 5.41) is 14.3. The summed E-state index contributed by atoms with van der Waals surface area (Å²) in [6.07, 6.45) is 7.11. The summed E-state index contributed by atoms with van der Waals surface area (Å²) in [4.78, 5) is 38.3. The highest BCUT2D eigenvalue weighted by molar-refractivity contribution is 5.94. The van der Waals surface area contributed by atoms with E-state index in [0.717, 1.165) is 6.33 Å². The van der Waals surface area contributed by atoms with Gasteiger partial charge in [-0.25, -0.2) is 9.97 Å². The molecule has 0 saturated heterocycles. The Hall–Kier alpha value is -4.15. The van der Waals surface area contributed by atoms with E-state index in [4.69, 9.17) is 0 Å². The van der Waals surface area contributed by atoms with Crippen LogP contribution in [0, 0.1) is 10.1 Å². The van der Waals surface area contributed by atoms with E-state index in [1.54, 1.807) is 18.3 Å². The summed E-state index contributed by atoms with van der Waals surface area (Å²) in [6, 6.07) is 6.35. The predicted octanol–water partition coefficient (Wildman–Crippen LogP) is 1.68. The molecule has 3 heterocycles. The first-order chi connectivity index (χ1) is 12.6. The minimum atomic E-state index is -0.653. The second-order valence-electron chi connectivity index (χ2n) is 4.86. The molecule has 3 aromatic rings. The second-order valence-corrected chi connectivity index (χ2v) is 4.86. The van der Waals surface area contributed by atoms with Gasteiger partial charge in [-0.3, -0.25) is 35.7 Å². The first-order valence-corrected chi connectivity index (χ1v) is 7.28. The van der Waals surface area contributed by atoms with Crippen LogP contribution in [0.15, 0.2) is 55.4 Å². The summed E-state index contributed by atoms with van der Waals surface area (Å²) in [7, 11) is 0. The second kappa shape index (κ2) is 7.61. The van der Waals surface area contributed by atoms with Crippen LogP contribution in [-0.4, -0.2) is 30.8 Å². The minimum absolute atomic E-state index is 0.0429. The lowest BCUT2D eigenvalue weighted by Crippen LogP contribution is -2.30. The number of hydrogen-bond donors (Lipinski definition) is 3. The first kappa shape index (κ1) is 16.7. The number of amides is 1. The number of aromatic nitrogens is 4. The van der Waals surface area contributed by atoms with Crippen molar-refractivity contribution in [3.8, 4) is 0 Å². The quantitative estimate of drug-likeness (QED) is 0.445. The Morgan fingerprint density at radius 3 is 2.50 bits per heavy atom. The van der Waals surface area contributed by atoms with Crippen molar-refractivity contribution >= 4 is 28.9 Å². The Morgan fingerprint density at radius 2 is 1.81 bits per heavy atom. The molecule has 0 fully saturated rings. The molecule has 0 bridgehead atoms. The smallest absolute Gasteiger partial charge is 0.333 e. The van der Waals surface area contributed by atoms with Crippen LogP contribution < -0.4 is 16.2 Å². The van der Waals surface area contributed by atoms with Crippen molar-refractivity contribution in [1.29, 1.82) is 0 Å². The maximum atomic E-state index is 12.0. The Kier molecular flexibility index (Phi) is 4.89. The van der Waals surface area contributed by atoms with Crippen LogP contribution in [0.2, 0.25) is 0 Å². The maximum Gasteiger partial charge on any atom is 0.355 e. The van der Waals surface area contributed by atoms with Crippen molar-refractivity contribution < 1.29 is 9.72 Å². The maximum absolute atomic E-state index is 12.0. The fourth-order valence-electron chi connectivity index (χ4n) is 2.00. The van der Waals surface area contributed by atoms with E-state index in [2.05, 4.69) is 36.1 Å². The minimum Gasteiger partial charge on any atom is -0.333 e. The van der Waals surface area contributed by atoms with E-state index in [-0.39, 0.29) is 11.6 Å². The van der Waals surface area contributed by atoms with E-state index >= 15 is 0 Å². The molecule has 0 aliphatic heterocycles. The van der Waals surface area contributed by atoms with Crippen LogP contribution in [-0.2, 0) is 0 Å². The number of nitrogens with one attached hydrogen (secondary N) is 3. The number of anilines is 3. The highest BCUT2D eigenvalue weighted by Gasteiger charge is 2.23. The molecule has 3 rings (SSSR count). The summed E-state index contributed by atoms with van der Waals surface area (Å²) < 4.78 is 0. The number of rotatable bonds is 6. The van der Waals surface area contributed by atoms with E-state index in [1.807, 2.05) is 0 Å².